The van der Waals surface area contributed by atoms with Crippen molar-refractivity contribution in [3.05, 3.63) is 63.6 Å². The minimum absolute atomic E-state index is 0.644. The molecule has 1 nitrogen and oxygen atoms in total. The molecule has 0 bridgehead atoms. The molecule has 2 aromatic carbocycles. The Hall–Kier alpha value is -1.18. The highest BCUT2D eigenvalue weighted by Crippen LogP contribution is 2.25. The number of rotatable bonds is 3. The zero-order valence-corrected chi connectivity index (χ0v) is 11.0. The molecule has 88 valence electrons. The normalized spacial score (nSPS) is 10.3. The van der Waals surface area contributed by atoms with Crippen molar-refractivity contribution in [2.24, 2.45) is 0 Å². The van der Waals surface area contributed by atoms with E-state index in [-0.39, 0.29) is 0 Å². The topological polar surface area (TPSA) is 12.0 Å². The van der Waals surface area contributed by atoms with Crippen LogP contribution in [-0.2, 0) is 6.54 Å². The molecule has 2 aromatic rings. The number of hydrogen-bond donors (Lipinski definition) is 1. The van der Waals surface area contributed by atoms with Crippen molar-refractivity contribution in [3.8, 4) is 0 Å². The third-order valence-electron chi connectivity index (χ3n) is 2.50. The molecule has 17 heavy (non-hydrogen) atoms. The maximum atomic E-state index is 6.08. The minimum Gasteiger partial charge on any atom is -0.380 e. The Balaban J connectivity index is 2.07. The molecule has 0 saturated heterocycles. The van der Waals surface area contributed by atoms with Gasteiger partial charge in [0.2, 0.25) is 0 Å². The van der Waals surface area contributed by atoms with Gasteiger partial charge < -0.3 is 5.32 Å². The van der Waals surface area contributed by atoms with E-state index in [1.807, 2.05) is 12.1 Å². The predicted molar refractivity (Wildman–Crippen MR) is 75.0 cm³/mol. The van der Waals surface area contributed by atoms with Crippen LogP contribution in [0, 0.1) is 6.92 Å². The van der Waals surface area contributed by atoms with Crippen molar-refractivity contribution in [2.45, 2.75) is 13.5 Å². The maximum Gasteiger partial charge on any atom is 0.0652 e. The summed E-state index contributed by atoms with van der Waals surface area (Å²) in [5, 5.41) is 4.59. The van der Waals surface area contributed by atoms with E-state index < -0.39 is 0 Å². The monoisotopic (exact) mass is 265 g/mol. The predicted octanol–water partition coefficient (Wildman–Crippen LogP) is 4.91. The molecule has 0 saturated carbocycles. The first-order valence-corrected chi connectivity index (χ1v) is 6.15. The van der Waals surface area contributed by atoms with Gasteiger partial charge in [-0.25, -0.2) is 0 Å². The average Bonchev–Trinajstić information content (AvgIpc) is 2.28. The third kappa shape index (κ3) is 3.39. The summed E-state index contributed by atoms with van der Waals surface area (Å²) in [4.78, 5) is 0. The van der Waals surface area contributed by atoms with Gasteiger partial charge in [0.25, 0.3) is 0 Å². The Kier molecular flexibility index (Phi) is 3.93. The lowest BCUT2D eigenvalue weighted by Gasteiger charge is -2.09. The number of halogens is 2. The smallest absolute Gasteiger partial charge is 0.0652 e. The molecule has 0 aliphatic carbocycles. The molecular formula is C14H13Cl2N. The molecule has 0 amide bonds. The highest BCUT2D eigenvalue weighted by Gasteiger charge is 2.00. The van der Waals surface area contributed by atoms with Gasteiger partial charge in [-0.1, -0.05) is 53.0 Å². The van der Waals surface area contributed by atoms with E-state index in [2.05, 4.69) is 36.5 Å². The largest absolute Gasteiger partial charge is 0.380 e. The van der Waals surface area contributed by atoms with Crippen molar-refractivity contribution < 1.29 is 0 Å². The molecule has 0 fully saturated rings. The highest BCUT2D eigenvalue weighted by molar-refractivity contribution is 6.36. The zero-order chi connectivity index (χ0) is 12.3. The average molecular weight is 266 g/mol. The van der Waals surface area contributed by atoms with E-state index in [0.717, 1.165) is 12.2 Å². The first-order chi connectivity index (χ1) is 8.15. The first kappa shape index (κ1) is 12.3. The molecular weight excluding hydrogens is 253 g/mol. The number of nitrogens with one attached hydrogen (secondary N) is 1. The van der Waals surface area contributed by atoms with Crippen molar-refractivity contribution in [2.75, 3.05) is 5.32 Å². The second kappa shape index (κ2) is 5.44. The molecule has 0 unspecified atom stereocenters. The fourth-order valence-corrected chi connectivity index (χ4v) is 2.13. The Bertz CT molecular complexity index is 523. The number of anilines is 1. The van der Waals surface area contributed by atoms with Crippen LogP contribution < -0.4 is 5.32 Å². The molecule has 0 aliphatic heterocycles. The Morgan fingerprint density at radius 2 is 1.88 bits per heavy atom. The van der Waals surface area contributed by atoms with Crippen molar-refractivity contribution >= 4 is 28.9 Å². The van der Waals surface area contributed by atoms with E-state index in [1.165, 1.54) is 11.1 Å². The van der Waals surface area contributed by atoms with Gasteiger partial charge in [0.15, 0.2) is 0 Å². The zero-order valence-electron chi connectivity index (χ0n) is 9.50. The van der Waals surface area contributed by atoms with E-state index in [1.54, 1.807) is 6.07 Å². The fourth-order valence-electron chi connectivity index (χ4n) is 1.65. The van der Waals surface area contributed by atoms with Gasteiger partial charge in [-0.05, 0) is 30.7 Å². The summed E-state index contributed by atoms with van der Waals surface area (Å²) in [5.74, 6) is 0. The number of aryl methyl sites for hydroxylation is 1. The molecule has 0 aliphatic rings. The summed E-state index contributed by atoms with van der Waals surface area (Å²) >= 11 is 11.9. The first-order valence-electron chi connectivity index (χ1n) is 5.39. The van der Waals surface area contributed by atoms with E-state index >= 15 is 0 Å². The maximum absolute atomic E-state index is 6.08. The highest BCUT2D eigenvalue weighted by atomic mass is 35.5. The van der Waals surface area contributed by atoms with E-state index in [4.69, 9.17) is 23.2 Å². The van der Waals surface area contributed by atoms with Crippen molar-refractivity contribution in [3.63, 3.8) is 0 Å². The van der Waals surface area contributed by atoms with Gasteiger partial charge in [-0.15, -0.1) is 0 Å². The van der Waals surface area contributed by atoms with E-state index in [0.29, 0.717) is 10.0 Å². The van der Waals surface area contributed by atoms with Gasteiger partial charge in [0.1, 0.15) is 0 Å². The summed E-state index contributed by atoms with van der Waals surface area (Å²) in [6.45, 7) is 2.84. The van der Waals surface area contributed by atoms with Gasteiger partial charge >= 0.3 is 0 Å². The Labute approximate surface area is 111 Å². The van der Waals surface area contributed by atoms with Crippen molar-refractivity contribution in [1.29, 1.82) is 0 Å². The van der Waals surface area contributed by atoms with Gasteiger partial charge in [-0.3, -0.25) is 0 Å². The molecule has 1 N–H and O–H groups in total. The van der Waals surface area contributed by atoms with Gasteiger partial charge in [0, 0.05) is 11.6 Å². The molecule has 0 radical (unpaired) electrons. The molecule has 0 atom stereocenters. The van der Waals surface area contributed by atoms with Gasteiger partial charge in [0.05, 0.1) is 10.7 Å². The van der Waals surface area contributed by atoms with Crippen LogP contribution in [0.3, 0.4) is 0 Å². The Morgan fingerprint density at radius 3 is 2.59 bits per heavy atom. The summed E-state index contributed by atoms with van der Waals surface area (Å²) in [6.07, 6.45) is 0. The second-order valence-electron chi connectivity index (χ2n) is 3.97. The van der Waals surface area contributed by atoms with Crippen LogP contribution in [0.5, 0.6) is 0 Å². The second-order valence-corrected chi connectivity index (χ2v) is 4.81. The van der Waals surface area contributed by atoms with Crippen molar-refractivity contribution in [1.82, 2.24) is 0 Å². The minimum atomic E-state index is 0.644. The quantitative estimate of drug-likeness (QED) is 0.831. The molecule has 3 heteroatoms. The lowest BCUT2D eigenvalue weighted by atomic mass is 10.1. The third-order valence-corrected chi connectivity index (χ3v) is 3.04. The summed E-state index contributed by atoms with van der Waals surface area (Å²) < 4.78 is 0. The fraction of sp³-hybridized carbons (Fsp3) is 0.143. The lowest BCUT2D eigenvalue weighted by molar-refractivity contribution is 1.14. The van der Waals surface area contributed by atoms with Crippen LogP contribution in [0.4, 0.5) is 5.69 Å². The number of hydrogen-bond acceptors (Lipinski definition) is 1. The summed E-state index contributed by atoms with van der Waals surface area (Å²) in [5.41, 5.74) is 3.39. The molecule has 0 heterocycles. The standard InChI is InChI=1S/C14H13Cl2N/c1-10-3-2-4-11(7-10)9-17-14-6-5-12(15)8-13(14)16/h2-8,17H,9H2,1H3. The molecule has 2 rings (SSSR count). The van der Waals surface area contributed by atoms with Crippen LogP contribution in [0.25, 0.3) is 0 Å². The van der Waals surface area contributed by atoms with Crippen LogP contribution in [-0.4, -0.2) is 0 Å². The van der Waals surface area contributed by atoms with Crippen LogP contribution in [0.15, 0.2) is 42.5 Å². The summed E-state index contributed by atoms with van der Waals surface area (Å²) in [6, 6.07) is 13.8. The number of benzene rings is 2. The SMILES string of the molecule is Cc1cccc(CNc2ccc(Cl)cc2Cl)c1. The summed E-state index contributed by atoms with van der Waals surface area (Å²) in [7, 11) is 0. The molecule has 0 aromatic heterocycles. The molecule has 0 spiro atoms. The van der Waals surface area contributed by atoms with Crippen LogP contribution in [0.1, 0.15) is 11.1 Å². The van der Waals surface area contributed by atoms with E-state index in [9.17, 15) is 0 Å². The van der Waals surface area contributed by atoms with Gasteiger partial charge in [-0.2, -0.15) is 0 Å². The van der Waals surface area contributed by atoms with Crippen LogP contribution >= 0.6 is 23.2 Å². The lowest BCUT2D eigenvalue weighted by Crippen LogP contribution is -1.99. The Morgan fingerprint density at radius 1 is 1.06 bits per heavy atom. The van der Waals surface area contributed by atoms with Crippen LogP contribution in [0.2, 0.25) is 10.0 Å².